The normalized spacial score (nSPS) is 19.1. The summed E-state index contributed by atoms with van der Waals surface area (Å²) in [7, 11) is 3.45. The molecule has 2 aliphatic heterocycles. The first-order chi connectivity index (χ1) is 12.2. The van der Waals surface area contributed by atoms with Gasteiger partial charge < -0.3 is 19.1 Å². The fourth-order valence-corrected chi connectivity index (χ4v) is 3.53. The number of nitrogens with zero attached hydrogens (tertiary/aromatic N) is 3. The molecule has 0 spiro atoms. The molecule has 3 heterocycles. The Kier molecular flexibility index (Phi) is 3.99. The Hall–Kier alpha value is -2.70. The van der Waals surface area contributed by atoms with E-state index >= 15 is 0 Å². The quantitative estimate of drug-likeness (QED) is 0.855. The number of fused-ring (bicyclic) bond motifs is 1. The van der Waals surface area contributed by atoms with E-state index in [2.05, 4.69) is 5.10 Å². The minimum atomic E-state index is -0.0263. The fourth-order valence-electron chi connectivity index (χ4n) is 3.53. The Morgan fingerprint density at radius 3 is 2.92 bits per heavy atom. The molecular weight excluding hydrogens is 322 g/mol. The highest BCUT2D eigenvalue weighted by Gasteiger charge is 2.32. The summed E-state index contributed by atoms with van der Waals surface area (Å²) in [5.41, 5.74) is 1.62. The summed E-state index contributed by atoms with van der Waals surface area (Å²) in [6, 6.07) is 3.53. The lowest BCUT2D eigenvalue weighted by Crippen LogP contribution is -2.30. The first-order valence-corrected chi connectivity index (χ1v) is 8.44. The van der Waals surface area contributed by atoms with Crippen LogP contribution in [0.4, 0.5) is 0 Å². The Labute approximate surface area is 146 Å². The standard InChI is InChI=1S/C18H21N3O4/c1-20-11-13(10-19-20)14-4-3-5-21(14)18(22)12-8-15(23-2)17-16(9-12)24-6-7-25-17/h8-11,14H,3-7H2,1-2H3/t14-/m0/s1. The van der Waals surface area contributed by atoms with Gasteiger partial charge in [0.1, 0.15) is 13.2 Å². The van der Waals surface area contributed by atoms with E-state index in [0.29, 0.717) is 36.0 Å². The third-order valence-electron chi connectivity index (χ3n) is 4.70. The van der Waals surface area contributed by atoms with Crippen molar-refractivity contribution < 1.29 is 19.0 Å². The van der Waals surface area contributed by atoms with Crippen molar-refractivity contribution in [1.82, 2.24) is 14.7 Å². The molecule has 0 bridgehead atoms. The molecule has 1 amide bonds. The van der Waals surface area contributed by atoms with E-state index in [1.807, 2.05) is 24.3 Å². The van der Waals surface area contributed by atoms with Crippen molar-refractivity contribution in [3.05, 3.63) is 35.7 Å². The number of carbonyl (C=O) groups excluding carboxylic acids is 1. The Morgan fingerprint density at radius 2 is 2.16 bits per heavy atom. The largest absolute Gasteiger partial charge is 0.493 e. The molecule has 1 fully saturated rings. The Balaban J connectivity index is 1.66. The van der Waals surface area contributed by atoms with Gasteiger partial charge in [-0.2, -0.15) is 5.10 Å². The van der Waals surface area contributed by atoms with Gasteiger partial charge in [0.2, 0.25) is 5.75 Å². The van der Waals surface area contributed by atoms with Gasteiger partial charge in [0.25, 0.3) is 5.91 Å². The molecule has 0 N–H and O–H groups in total. The first kappa shape index (κ1) is 15.8. The van der Waals surface area contributed by atoms with Gasteiger partial charge in [0.05, 0.1) is 19.3 Å². The number of aryl methyl sites for hydroxylation is 1. The summed E-state index contributed by atoms with van der Waals surface area (Å²) in [4.78, 5) is 15.0. The van der Waals surface area contributed by atoms with Crippen molar-refractivity contribution in [2.45, 2.75) is 18.9 Å². The third kappa shape index (κ3) is 2.79. The van der Waals surface area contributed by atoms with Crippen molar-refractivity contribution in [3.8, 4) is 17.2 Å². The number of rotatable bonds is 3. The van der Waals surface area contributed by atoms with Crippen LogP contribution in [-0.4, -0.2) is 47.5 Å². The van der Waals surface area contributed by atoms with E-state index < -0.39 is 0 Å². The zero-order valence-corrected chi connectivity index (χ0v) is 14.4. The highest BCUT2D eigenvalue weighted by molar-refractivity contribution is 5.96. The average Bonchev–Trinajstić information content (AvgIpc) is 3.28. The fraction of sp³-hybridized carbons (Fsp3) is 0.444. The smallest absolute Gasteiger partial charge is 0.254 e. The summed E-state index contributed by atoms with van der Waals surface area (Å²) >= 11 is 0. The van der Waals surface area contributed by atoms with Crippen LogP contribution in [0.3, 0.4) is 0 Å². The molecule has 25 heavy (non-hydrogen) atoms. The van der Waals surface area contributed by atoms with E-state index in [1.54, 1.807) is 23.9 Å². The third-order valence-corrected chi connectivity index (χ3v) is 4.70. The molecule has 1 aromatic carbocycles. The average molecular weight is 343 g/mol. The Morgan fingerprint density at radius 1 is 1.32 bits per heavy atom. The zero-order valence-electron chi connectivity index (χ0n) is 14.4. The molecule has 1 atom stereocenters. The van der Waals surface area contributed by atoms with Gasteiger partial charge in [0, 0.05) is 30.9 Å². The van der Waals surface area contributed by atoms with Crippen LogP contribution in [0.25, 0.3) is 0 Å². The number of amides is 1. The minimum absolute atomic E-state index is 0.0263. The van der Waals surface area contributed by atoms with Crippen LogP contribution in [0.1, 0.15) is 34.8 Å². The van der Waals surface area contributed by atoms with E-state index in [1.165, 1.54) is 0 Å². The molecule has 7 heteroatoms. The number of carbonyl (C=O) groups is 1. The van der Waals surface area contributed by atoms with Crippen LogP contribution in [-0.2, 0) is 7.05 Å². The van der Waals surface area contributed by atoms with Crippen LogP contribution in [0, 0.1) is 0 Å². The van der Waals surface area contributed by atoms with Gasteiger partial charge >= 0.3 is 0 Å². The van der Waals surface area contributed by atoms with E-state index in [0.717, 1.165) is 24.9 Å². The van der Waals surface area contributed by atoms with Crippen molar-refractivity contribution in [2.24, 2.45) is 7.05 Å². The second kappa shape index (κ2) is 6.31. The zero-order chi connectivity index (χ0) is 17.4. The van der Waals surface area contributed by atoms with E-state index in [4.69, 9.17) is 14.2 Å². The van der Waals surface area contributed by atoms with Crippen LogP contribution in [0.2, 0.25) is 0 Å². The van der Waals surface area contributed by atoms with Crippen molar-refractivity contribution in [3.63, 3.8) is 0 Å². The molecule has 132 valence electrons. The van der Waals surface area contributed by atoms with E-state index in [9.17, 15) is 4.79 Å². The van der Waals surface area contributed by atoms with Gasteiger partial charge in [-0.1, -0.05) is 0 Å². The molecule has 0 radical (unpaired) electrons. The lowest BCUT2D eigenvalue weighted by Gasteiger charge is -2.26. The lowest BCUT2D eigenvalue weighted by atomic mass is 10.1. The second-order valence-electron chi connectivity index (χ2n) is 6.31. The predicted molar refractivity (Wildman–Crippen MR) is 90.2 cm³/mol. The molecule has 0 saturated carbocycles. The summed E-state index contributed by atoms with van der Waals surface area (Å²) in [6.45, 7) is 1.68. The van der Waals surface area contributed by atoms with Crippen molar-refractivity contribution in [1.29, 1.82) is 0 Å². The first-order valence-electron chi connectivity index (χ1n) is 8.44. The SMILES string of the molecule is COc1cc(C(=O)N2CCC[C@H]2c2cnn(C)c2)cc2c1OCCO2. The van der Waals surface area contributed by atoms with Gasteiger partial charge in [-0.05, 0) is 25.0 Å². The van der Waals surface area contributed by atoms with Gasteiger partial charge in [-0.15, -0.1) is 0 Å². The summed E-state index contributed by atoms with van der Waals surface area (Å²) in [6.07, 6.45) is 5.73. The monoisotopic (exact) mass is 343 g/mol. The summed E-state index contributed by atoms with van der Waals surface area (Å²) in [5.74, 6) is 1.63. The maximum Gasteiger partial charge on any atom is 0.254 e. The molecule has 1 saturated heterocycles. The van der Waals surface area contributed by atoms with Gasteiger partial charge in [-0.3, -0.25) is 9.48 Å². The number of aromatic nitrogens is 2. The number of hydrogen-bond donors (Lipinski definition) is 0. The molecule has 2 aliphatic rings. The van der Waals surface area contributed by atoms with Crippen LogP contribution in [0.15, 0.2) is 24.5 Å². The molecular formula is C18H21N3O4. The number of hydrogen-bond acceptors (Lipinski definition) is 5. The van der Waals surface area contributed by atoms with Gasteiger partial charge in [0.15, 0.2) is 11.5 Å². The highest BCUT2D eigenvalue weighted by atomic mass is 16.6. The summed E-state index contributed by atoms with van der Waals surface area (Å²) < 4.78 is 18.4. The maximum atomic E-state index is 13.1. The number of methoxy groups -OCH3 is 1. The Bertz CT molecular complexity index is 784. The summed E-state index contributed by atoms with van der Waals surface area (Å²) in [5, 5.41) is 4.23. The van der Waals surface area contributed by atoms with E-state index in [-0.39, 0.29) is 11.9 Å². The second-order valence-corrected chi connectivity index (χ2v) is 6.31. The molecule has 2 aromatic rings. The number of ether oxygens (including phenoxy) is 3. The van der Waals surface area contributed by atoms with Crippen LogP contribution < -0.4 is 14.2 Å². The molecule has 7 nitrogen and oxygen atoms in total. The number of benzene rings is 1. The lowest BCUT2D eigenvalue weighted by molar-refractivity contribution is 0.0734. The van der Waals surface area contributed by atoms with Crippen molar-refractivity contribution in [2.75, 3.05) is 26.9 Å². The minimum Gasteiger partial charge on any atom is -0.493 e. The topological polar surface area (TPSA) is 65.8 Å². The molecule has 4 rings (SSSR count). The van der Waals surface area contributed by atoms with Crippen LogP contribution >= 0.6 is 0 Å². The number of likely N-dealkylation sites (tertiary alicyclic amines) is 1. The molecule has 0 aliphatic carbocycles. The van der Waals surface area contributed by atoms with Crippen LogP contribution in [0.5, 0.6) is 17.2 Å². The van der Waals surface area contributed by atoms with Crippen molar-refractivity contribution >= 4 is 5.91 Å². The molecule has 0 unspecified atom stereocenters. The van der Waals surface area contributed by atoms with Gasteiger partial charge in [-0.25, -0.2) is 0 Å². The highest BCUT2D eigenvalue weighted by Crippen LogP contribution is 2.41. The predicted octanol–water partition coefficient (Wildman–Crippen LogP) is 2.18. The maximum absolute atomic E-state index is 13.1. The molecule has 1 aromatic heterocycles.